The molecule has 2 amide bonds. The normalized spacial score (nSPS) is 17.2. The molecule has 0 bridgehead atoms. The lowest BCUT2D eigenvalue weighted by molar-refractivity contribution is -0.140. The number of rotatable bonds is 6. The van der Waals surface area contributed by atoms with Crippen LogP contribution in [0.2, 0.25) is 0 Å². The minimum absolute atomic E-state index is 0.0532. The van der Waals surface area contributed by atoms with E-state index < -0.39 is 5.54 Å². The summed E-state index contributed by atoms with van der Waals surface area (Å²) in [4.78, 5) is 29.6. The molecule has 6 nitrogen and oxygen atoms in total. The summed E-state index contributed by atoms with van der Waals surface area (Å²) in [5.74, 6) is -0.735. The van der Waals surface area contributed by atoms with Gasteiger partial charge in [0.25, 0.3) is 0 Å². The molecule has 1 N–H and O–H groups in total. The zero-order valence-electron chi connectivity index (χ0n) is 18.2. The fraction of sp³-hybridized carbons (Fsp3) is 0.478. The van der Waals surface area contributed by atoms with Gasteiger partial charge in [0.2, 0.25) is 11.8 Å². The van der Waals surface area contributed by atoms with Gasteiger partial charge in [0.15, 0.2) is 0 Å². The van der Waals surface area contributed by atoms with E-state index in [0.29, 0.717) is 5.69 Å². The number of benzene rings is 1. The number of aryl methyl sites for hydroxylation is 1. The molecule has 1 atom stereocenters. The molecular weight excluding hydrogens is 383 g/mol. The van der Waals surface area contributed by atoms with Crippen LogP contribution in [-0.2, 0) is 16.6 Å². The SMILES string of the molecule is Cn1cccc1[C@H]1CCCN1CC(=O)N(CC(=O)Nc1ccc(F)cc1)C(C)(C)C. The van der Waals surface area contributed by atoms with Crippen LogP contribution in [0.4, 0.5) is 10.1 Å². The first kappa shape index (κ1) is 22.0. The van der Waals surface area contributed by atoms with E-state index in [1.165, 1.54) is 30.0 Å². The quantitative estimate of drug-likeness (QED) is 0.786. The number of hydrogen-bond acceptors (Lipinski definition) is 3. The van der Waals surface area contributed by atoms with Gasteiger partial charge in [-0.15, -0.1) is 0 Å². The molecule has 1 aromatic heterocycles. The Morgan fingerprint density at radius 1 is 1.20 bits per heavy atom. The van der Waals surface area contributed by atoms with Crippen LogP contribution in [0.5, 0.6) is 0 Å². The number of halogens is 1. The minimum Gasteiger partial charge on any atom is -0.353 e. The number of anilines is 1. The van der Waals surface area contributed by atoms with Gasteiger partial charge in [-0.05, 0) is 76.6 Å². The van der Waals surface area contributed by atoms with E-state index in [4.69, 9.17) is 0 Å². The highest BCUT2D eigenvalue weighted by Gasteiger charge is 2.34. The van der Waals surface area contributed by atoms with Gasteiger partial charge in [0.1, 0.15) is 12.4 Å². The van der Waals surface area contributed by atoms with Gasteiger partial charge >= 0.3 is 0 Å². The fourth-order valence-electron chi connectivity index (χ4n) is 4.01. The lowest BCUT2D eigenvalue weighted by atomic mass is 10.1. The number of aromatic nitrogens is 1. The molecule has 2 aromatic rings. The summed E-state index contributed by atoms with van der Waals surface area (Å²) in [6.45, 7) is 6.86. The molecule has 1 aliphatic heterocycles. The molecule has 0 aliphatic carbocycles. The molecule has 1 fully saturated rings. The third kappa shape index (κ3) is 5.27. The Kier molecular flexibility index (Phi) is 6.61. The Morgan fingerprint density at radius 3 is 2.50 bits per heavy atom. The van der Waals surface area contributed by atoms with Crippen molar-refractivity contribution in [1.29, 1.82) is 0 Å². The van der Waals surface area contributed by atoms with Crippen LogP contribution in [-0.4, -0.2) is 51.4 Å². The summed E-state index contributed by atoms with van der Waals surface area (Å²) >= 11 is 0. The summed E-state index contributed by atoms with van der Waals surface area (Å²) in [5, 5.41) is 2.74. The molecule has 0 saturated carbocycles. The molecule has 162 valence electrons. The molecule has 30 heavy (non-hydrogen) atoms. The van der Waals surface area contributed by atoms with Crippen LogP contribution in [0.1, 0.15) is 45.3 Å². The van der Waals surface area contributed by atoms with Gasteiger partial charge in [0, 0.05) is 30.2 Å². The molecule has 0 unspecified atom stereocenters. The highest BCUT2D eigenvalue weighted by Crippen LogP contribution is 2.32. The maximum absolute atomic E-state index is 13.2. The number of hydrogen-bond donors (Lipinski definition) is 1. The van der Waals surface area contributed by atoms with Crippen molar-refractivity contribution >= 4 is 17.5 Å². The van der Waals surface area contributed by atoms with Crippen molar-refractivity contribution in [1.82, 2.24) is 14.4 Å². The van der Waals surface area contributed by atoms with Crippen LogP contribution in [0.15, 0.2) is 42.6 Å². The first-order chi connectivity index (χ1) is 14.1. The fourth-order valence-corrected chi connectivity index (χ4v) is 4.01. The molecule has 0 spiro atoms. The molecule has 2 heterocycles. The first-order valence-electron chi connectivity index (χ1n) is 10.4. The van der Waals surface area contributed by atoms with Crippen molar-refractivity contribution in [3.05, 3.63) is 54.1 Å². The third-order valence-corrected chi connectivity index (χ3v) is 5.57. The van der Waals surface area contributed by atoms with Crippen molar-refractivity contribution in [2.45, 2.75) is 45.2 Å². The van der Waals surface area contributed by atoms with Crippen molar-refractivity contribution < 1.29 is 14.0 Å². The summed E-state index contributed by atoms with van der Waals surface area (Å²) in [7, 11) is 2.02. The van der Waals surface area contributed by atoms with Gasteiger partial charge < -0.3 is 14.8 Å². The number of nitrogens with zero attached hydrogens (tertiary/aromatic N) is 3. The van der Waals surface area contributed by atoms with E-state index in [-0.39, 0.29) is 36.8 Å². The zero-order valence-corrected chi connectivity index (χ0v) is 18.2. The first-order valence-corrected chi connectivity index (χ1v) is 10.4. The van der Waals surface area contributed by atoms with E-state index in [1.54, 1.807) is 4.90 Å². The predicted molar refractivity (Wildman–Crippen MR) is 115 cm³/mol. The predicted octanol–water partition coefficient (Wildman–Crippen LogP) is 3.57. The number of amides is 2. The van der Waals surface area contributed by atoms with E-state index in [1.807, 2.05) is 40.1 Å². The van der Waals surface area contributed by atoms with Crippen molar-refractivity contribution in [2.24, 2.45) is 7.05 Å². The summed E-state index contributed by atoms with van der Waals surface area (Å²) in [6.07, 6.45) is 4.09. The van der Waals surface area contributed by atoms with Gasteiger partial charge in [-0.2, -0.15) is 0 Å². The number of carbonyl (C=O) groups is 2. The Hall–Kier alpha value is -2.67. The summed E-state index contributed by atoms with van der Waals surface area (Å²) in [5.41, 5.74) is 1.21. The molecule has 0 radical (unpaired) electrons. The van der Waals surface area contributed by atoms with Crippen LogP contribution in [0, 0.1) is 5.82 Å². The number of carbonyl (C=O) groups excluding carboxylic acids is 2. The summed E-state index contributed by atoms with van der Waals surface area (Å²) < 4.78 is 15.2. The molecular formula is C23H31FN4O2. The minimum atomic E-state index is -0.503. The van der Waals surface area contributed by atoms with Gasteiger partial charge in [-0.1, -0.05) is 0 Å². The van der Waals surface area contributed by atoms with Crippen LogP contribution in [0.3, 0.4) is 0 Å². The van der Waals surface area contributed by atoms with Crippen molar-refractivity contribution in [3.8, 4) is 0 Å². The average molecular weight is 415 g/mol. The van der Waals surface area contributed by atoms with Gasteiger partial charge in [0.05, 0.1) is 12.6 Å². The smallest absolute Gasteiger partial charge is 0.244 e. The number of likely N-dealkylation sites (tertiary alicyclic amines) is 1. The molecule has 1 aromatic carbocycles. The number of nitrogens with one attached hydrogen (secondary N) is 1. The van der Waals surface area contributed by atoms with Crippen LogP contribution >= 0.6 is 0 Å². The van der Waals surface area contributed by atoms with E-state index in [2.05, 4.69) is 20.9 Å². The zero-order chi connectivity index (χ0) is 21.9. The lowest BCUT2D eigenvalue weighted by Gasteiger charge is -2.37. The second-order valence-corrected chi connectivity index (χ2v) is 8.88. The Labute approximate surface area is 177 Å². The monoisotopic (exact) mass is 414 g/mol. The molecule has 1 saturated heterocycles. The Balaban J connectivity index is 1.67. The van der Waals surface area contributed by atoms with E-state index in [0.717, 1.165) is 19.4 Å². The molecule has 7 heteroatoms. The van der Waals surface area contributed by atoms with Crippen LogP contribution < -0.4 is 5.32 Å². The Morgan fingerprint density at radius 2 is 1.90 bits per heavy atom. The topological polar surface area (TPSA) is 57.6 Å². The van der Waals surface area contributed by atoms with Crippen molar-refractivity contribution in [2.75, 3.05) is 25.0 Å². The van der Waals surface area contributed by atoms with Crippen LogP contribution in [0.25, 0.3) is 0 Å². The van der Waals surface area contributed by atoms with Gasteiger partial charge in [-0.3, -0.25) is 14.5 Å². The van der Waals surface area contributed by atoms with E-state index >= 15 is 0 Å². The standard InChI is InChI=1S/C23H31FN4O2/c1-23(2,3)28(15-21(29)25-18-11-9-17(24)10-12-18)22(30)16-27-14-6-8-20(27)19-7-5-13-26(19)4/h5,7,9-13,20H,6,8,14-16H2,1-4H3,(H,25,29)/t20-/m1/s1. The average Bonchev–Trinajstić information content (AvgIpc) is 3.29. The summed E-state index contributed by atoms with van der Waals surface area (Å²) in [6, 6.07) is 9.93. The Bertz CT molecular complexity index is 885. The third-order valence-electron chi connectivity index (χ3n) is 5.57. The molecule has 1 aliphatic rings. The maximum Gasteiger partial charge on any atom is 0.244 e. The maximum atomic E-state index is 13.2. The highest BCUT2D eigenvalue weighted by atomic mass is 19.1. The van der Waals surface area contributed by atoms with Crippen molar-refractivity contribution in [3.63, 3.8) is 0 Å². The van der Waals surface area contributed by atoms with E-state index in [9.17, 15) is 14.0 Å². The second-order valence-electron chi connectivity index (χ2n) is 8.88. The largest absolute Gasteiger partial charge is 0.353 e. The second kappa shape index (κ2) is 9.00. The highest BCUT2D eigenvalue weighted by molar-refractivity contribution is 5.95. The van der Waals surface area contributed by atoms with Gasteiger partial charge in [-0.25, -0.2) is 4.39 Å². The lowest BCUT2D eigenvalue weighted by Crippen LogP contribution is -2.52. The molecule has 3 rings (SSSR count).